The normalized spacial score (nSPS) is 12.2. The topological polar surface area (TPSA) is 29.5 Å². The fraction of sp³-hybridized carbons (Fsp3) is 0.200. The van der Waals surface area contributed by atoms with E-state index < -0.39 is 11.9 Å². The summed E-state index contributed by atoms with van der Waals surface area (Å²) in [5, 5.41) is 9.40. The van der Waals surface area contributed by atoms with Gasteiger partial charge >= 0.3 is 0 Å². The summed E-state index contributed by atoms with van der Waals surface area (Å²) in [6.45, 7) is 1.60. The molecule has 2 rings (SSSR count). The number of para-hydroxylation sites is 1. The average molecular weight is 278 g/mol. The van der Waals surface area contributed by atoms with Crippen LogP contribution in [0.1, 0.15) is 18.6 Å². The quantitative estimate of drug-likeness (QED) is 0.841. The Kier molecular flexibility index (Phi) is 4.45. The number of rotatable bonds is 4. The minimum absolute atomic E-state index is 0.158. The fourth-order valence-electron chi connectivity index (χ4n) is 1.68. The van der Waals surface area contributed by atoms with Crippen molar-refractivity contribution in [3.8, 4) is 11.5 Å². The van der Waals surface area contributed by atoms with E-state index >= 15 is 0 Å². The van der Waals surface area contributed by atoms with E-state index in [0.29, 0.717) is 11.3 Å². The Labute approximate surface area is 116 Å². The standard InChI is InChI=1S/C15H15FO2S/c1-10(17)11-7-8-13(12(16)9-11)18-14-5-3-4-6-15(14)19-2/h3-10,17H,1-2H3. The summed E-state index contributed by atoms with van der Waals surface area (Å²) in [6, 6.07) is 12.0. The molecule has 0 heterocycles. The molecule has 4 heteroatoms. The van der Waals surface area contributed by atoms with Gasteiger partial charge < -0.3 is 9.84 Å². The second-order valence-corrected chi connectivity index (χ2v) is 4.97. The van der Waals surface area contributed by atoms with Gasteiger partial charge in [0.2, 0.25) is 0 Å². The molecular weight excluding hydrogens is 263 g/mol. The number of aliphatic hydroxyl groups is 1. The third kappa shape index (κ3) is 3.28. The van der Waals surface area contributed by atoms with Gasteiger partial charge in [0.1, 0.15) is 5.75 Å². The number of hydrogen-bond acceptors (Lipinski definition) is 3. The van der Waals surface area contributed by atoms with E-state index in [9.17, 15) is 9.50 Å². The number of benzene rings is 2. The molecule has 0 spiro atoms. The maximum Gasteiger partial charge on any atom is 0.166 e. The van der Waals surface area contributed by atoms with E-state index in [2.05, 4.69) is 0 Å². The van der Waals surface area contributed by atoms with Crippen LogP contribution in [-0.4, -0.2) is 11.4 Å². The Morgan fingerprint density at radius 2 is 1.89 bits per heavy atom. The highest BCUT2D eigenvalue weighted by atomic mass is 32.2. The minimum atomic E-state index is -0.693. The maximum absolute atomic E-state index is 13.9. The summed E-state index contributed by atoms with van der Waals surface area (Å²) in [5.74, 6) is 0.305. The lowest BCUT2D eigenvalue weighted by atomic mass is 10.1. The van der Waals surface area contributed by atoms with Crippen LogP contribution in [0.3, 0.4) is 0 Å². The predicted molar refractivity (Wildman–Crippen MR) is 75.3 cm³/mol. The number of thioether (sulfide) groups is 1. The third-order valence-corrected chi connectivity index (χ3v) is 3.50. The van der Waals surface area contributed by atoms with Gasteiger partial charge in [-0.2, -0.15) is 0 Å². The summed E-state index contributed by atoms with van der Waals surface area (Å²) in [6.07, 6.45) is 1.25. The predicted octanol–water partition coefficient (Wildman–Crippen LogP) is 4.39. The van der Waals surface area contributed by atoms with Gasteiger partial charge in [0.25, 0.3) is 0 Å². The molecule has 0 radical (unpaired) electrons. The van der Waals surface area contributed by atoms with Gasteiger partial charge in [0.05, 0.1) is 6.10 Å². The van der Waals surface area contributed by atoms with Crippen LogP contribution in [-0.2, 0) is 0 Å². The molecule has 0 aliphatic rings. The molecule has 0 saturated carbocycles. The van der Waals surface area contributed by atoms with E-state index in [-0.39, 0.29) is 5.75 Å². The zero-order valence-electron chi connectivity index (χ0n) is 10.8. The lowest BCUT2D eigenvalue weighted by Gasteiger charge is -2.11. The van der Waals surface area contributed by atoms with Crippen LogP contribution >= 0.6 is 11.8 Å². The third-order valence-electron chi connectivity index (χ3n) is 2.73. The molecule has 0 bridgehead atoms. The molecule has 1 atom stereocenters. The molecule has 0 fully saturated rings. The van der Waals surface area contributed by atoms with Crippen molar-refractivity contribution < 1.29 is 14.2 Å². The Morgan fingerprint density at radius 3 is 2.53 bits per heavy atom. The number of hydrogen-bond donors (Lipinski definition) is 1. The van der Waals surface area contributed by atoms with Gasteiger partial charge in [-0.05, 0) is 43.0 Å². The van der Waals surface area contributed by atoms with Crippen LogP contribution in [0, 0.1) is 5.82 Å². The van der Waals surface area contributed by atoms with Gasteiger partial charge in [0, 0.05) is 4.90 Å². The van der Waals surface area contributed by atoms with Crippen molar-refractivity contribution in [1.29, 1.82) is 0 Å². The molecule has 0 aliphatic carbocycles. The molecule has 2 nitrogen and oxygen atoms in total. The molecule has 0 aromatic heterocycles. The first kappa shape index (κ1) is 13.9. The van der Waals surface area contributed by atoms with Gasteiger partial charge in [0.15, 0.2) is 11.6 Å². The largest absolute Gasteiger partial charge is 0.453 e. The summed E-state index contributed by atoms with van der Waals surface area (Å²) in [7, 11) is 0. The summed E-state index contributed by atoms with van der Waals surface area (Å²) < 4.78 is 19.5. The van der Waals surface area contributed by atoms with Gasteiger partial charge in [-0.15, -0.1) is 11.8 Å². The van der Waals surface area contributed by atoms with Crippen LogP contribution in [0.4, 0.5) is 4.39 Å². The van der Waals surface area contributed by atoms with Crippen molar-refractivity contribution in [2.75, 3.05) is 6.26 Å². The van der Waals surface area contributed by atoms with Gasteiger partial charge in [-0.3, -0.25) is 0 Å². The van der Waals surface area contributed by atoms with E-state index in [0.717, 1.165) is 4.90 Å². The van der Waals surface area contributed by atoms with Crippen LogP contribution in [0.5, 0.6) is 11.5 Å². The molecule has 0 saturated heterocycles. The maximum atomic E-state index is 13.9. The average Bonchev–Trinajstić information content (AvgIpc) is 2.41. The van der Waals surface area contributed by atoms with Crippen molar-refractivity contribution >= 4 is 11.8 Å². The van der Waals surface area contributed by atoms with Crippen LogP contribution in [0.25, 0.3) is 0 Å². The highest BCUT2D eigenvalue weighted by Crippen LogP contribution is 2.33. The SMILES string of the molecule is CSc1ccccc1Oc1ccc(C(C)O)cc1F. The lowest BCUT2D eigenvalue weighted by Crippen LogP contribution is -1.95. The monoisotopic (exact) mass is 278 g/mol. The molecule has 100 valence electrons. The van der Waals surface area contributed by atoms with Crippen LogP contribution in [0.15, 0.2) is 47.4 Å². The molecule has 2 aromatic carbocycles. The highest BCUT2D eigenvalue weighted by molar-refractivity contribution is 7.98. The fourth-order valence-corrected chi connectivity index (χ4v) is 2.21. The molecule has 19 heavy (non-hydrogen) atoms. The molecule has 1 unspecified atom stereocenters. The molecule has 0 aliphatic heterocycles. The first-order valence-electron chi connectivity index (χ1n) is 5.90. The van der Waals surface area contributed by atoms with Crippen molar-refractivity contribution in [3.63, 3.8) is 0 Å². The Morgan fingerprint density at radius 1 is 1.16 bits per heavy atom. The first-order chi connectivity index (χ1) is 9.11. The Bertz CT molecular complexity index is 570. The minimum Gasteiger partial charge on any atom is -0.453 e. The first-order valence-corrected chi connectivity index (χ1v) is 7.12. The lowest BCUT2D eigenvalue weighted by molar-refractivity contribution is 0.198. The van der Waals surface area contributed by atoms with Crippen molar-refractivity contribution in [2.24, 2.45) is 0 Å². The van der Waals surface area contributed by atoms with Crippen LogP contribution in [0.2, 0.25) is 0 Å². The van der Waals surface area contributed by atoms with E-state index in [1.54, 1.807) is 30.8 Å². The second kappa shape index (κ2) is 6.08. The Hall–Kier alpha value is -1.52. The summed E-state index contributed by atoms with van der Waals surface area (Å²) in [4.78, 5) is 0.946. The van der Waals surface area contributed by atoms with Crippen molar-refractivity contribution in [1.82, 2.24) is 0 Å². The summed E-state index contributed by atoms with van der Waals surface area (Å²) >= 11 is 1.54. The molecule has 1 N–H and O–H groups in total. The molecule has 0 amide bonds. The van der Waals surface area contributed by atoms with Gasteiger partial charge in [-0.25, -0.2) is 4.39 Å². The molecular formula is C15H15FO2S. The molecule has 2 aromatic rings. The zero-order chi connectivity index (χ0) is 13.8. The van der Waals surface area contributed by atoms with Gasteiger partial charge in [-0.1, -0.05) is 18.2 Å². The number of aliphatic hydroxyl groups excluding tert-OH is 1. The highest BCUT2D eigenvalue weighted by Gasteiger charge is 2.10. The second-order valence-electron chi connectivity index (χ2n) is 4.12. The van der Waals surface area contributed by atoms with Crippen LogP contribution < -0.4 is 4.74 Å². The van der Waals surface area contributed by atoms with E-state index in [1.807, 2.05) is 24.5 Å². The van der Waals surface area contributed by atoms with Crippen molar-refractivity contribution in [2.45, 2.75) is 17.9 Å². The van der Waals surface area contributed by atoms with E-state index in [4.69, 9.17) is 4.74 Å². The number of halogens is 1. The smallest absolute Gasteiger partial charge is 0.166 e. The zero-order valence-corrected chi connectivity index (χ0v) is 11.6. The number of ether oxygens (including phenoxy) is 1. The van der Waals surface area contributed by atoms with Crippen molar-refractivity contribution in [3.05, 3.63) is 53.8 Å². The summed E-state index contributed by atoms with van der Waals surface area (Å²) in [5.41, 5.74) is 0.531. The van der Waals surface area contributed by atoms with E-state index in [1.165, 1.54) is 12.1 Å². The Balaban J connectivity index is 2.28.